The molecule has 0 bridgehead atoms. The van der Waals surface area contributed by atoms with E-state index < -0.39 is 0 Å². The van der Waals surface area contributed by atoms with Crippen LogP contribution in [0.1, 0.15) is 66.2 Å². The van der Waals surface area contributed by atoms with E-state index >= 15 is 0 Å². The summed E-state index contributed by atoms with van der Waals surface area (Å²) in [6.45, 7) is 8.39. The zero-order valence-corrected chi connectivity index (χ0v) is 15.9. The zero-order chi connectivity index (χ0) is 18.4. The second-order valence-electron chi connectivity index (χ2n) is 9.33. The third kappa shape index (κ3) is 3.89. The van der Waals surface area contributed by atoms with E-state index in [1.807, 2.05) is 0 Å². The molecule has 0 spiro atoms. The number of carbonyl (C=O) groups is 3. The fraction of sp³-hybridized carbons (Fsp3) is 0.842. The molecule has 6 nitrogen and oxygen atoms in total. The lowest BCUT2D eigenvalue weighted by molar-refractivity contribution is -0.144. The molecule has 0 radical (unpaired) electrons. The van der Waals surface area contributed by atoms with E-state index in [1.165, 1.54) is 4.90 Å². The van der Waals surface area contributed by atoms with E-state index in [0.717, 1.165) is 38.5 Å². The highest BCUT2D eigenvalue weighted by Crippen LogP contribution is 2.37. The summed E-state index contributed by atoms with van der Waals surface area (Å²) in [6, 6.07) is 0.0498. The number of hydrogen-bond donors (Lipinski definition) is 2. The molecule has 1 aliphatic carbocycles. The Morgan fingerprint density at radius 2 is 1.52 bits per heavy atom. The molecular weight excluding hydrogens is 318 g/mol. The number of fused-ring (bicyclic) bond motifs is 1. The fourth-order valence-corrected chi connectivity index (χ4v) is 5.23. The van der Waals surface area contributed by atoms with Gasteiger partial charge in [0.1, 0.15) is 6.54 Å². The number of carbonyl (C=O) groups excluding carboxylic acids is 3. The fourth-order valence-electron chi connectivity index (χ4n) is 5.23. The van der Waals surface area contributed by atoms with Gasteiger partial charge in [-0.3, -0.25) is 19.3 Å². The van der Waals surface area contributed by atoms with Crippen LogP contribution in [0.2, 0.25) is 0 Å². The van der Waals surface area contributed by atoms with E-state index in [9.17, 15) is 14.4 Å². The number of hydrogen-bond acceptors (Lipinski definition) is 4. The molecule has 2 heterocycles. The van der Waals surface area contributed by atoms with Gasteiger partial charge < -0.3 is 10.6 Å². The number of imide groups is 1. The Balaban J connectivity index is 1.61. The topological polar surface area (TPSA) is 78.5 Å². The van der Waals surface area contributed by atoms with Gasteiger partial charge in [-0.1, -0.05) is 12.8 Å². The summed E-state index contributed by atoms with van der Waals surface area (Å²) in [5, 5.41) is 6.64. The molecule has 3 fully saturated rings. The van der Waals surface area contributed by atoms with Crippen molar-refractivity contribution < 1.29 is 14.4 Å². The summed E-state index contributed by atoms with van der Waals surface area (Å²) in [4.78, 5) is 38.7. The normalized spacial score (nSPS) is 31.8. The molecule has 140 valence electrons. The predicted octanol–water partition coefficient (Wildman–Crippen LogP) is 1.59. The van der Waals surface area contributed by atoms with Crippen LogP contribution in [0.25, 0.3) is 0 Å². The summed E-state index contributed by atoms with van der Waals surface area (Å²) in [6.07, 6.45) is 5.22. The molecule has 2 N–H and O–H groups in total. The average Bonchev–Trinajstić information content (AvgIpc) is 2.69. The van der Waals surface area contributed by atoms with E-state index in [0.29, 0.717) is 0 Å². The van der Waals surface area contributed by atoms with Gasteiger partial charge in [0, 0.05) is 17.1 Å². The van der Waals surface area contributed by atoms with Crippen LogP contribution in [0.3, 0.4) is 0 Å². The highest BCUT2D eigenvalue weighted by atomic mass is 16.2. The lowest BCUT2D eigenvalue weighted by atomic mass is 9.79. The molecule has 3 rings (SSSR count). The van der Waals surface area contributed by atoms with Crippen LogP contribution < -0.4 is 10.6 Å². The predicted molar refractivity (Wildman–Crippen MR) is 94.6 cm³/mol. The maximum Gasteiger partial charge on any atom is 0.240 e. The van der Waals surface area contributed by atoms with Crippen molar-refractivity contribution in [2.45, 2.75) is 83.3 Å². The Hall–Kier alpha value is -1.43. The summed E-state index contributed by atoms with van der Waals surface area (Å²) in [7, 11) is 0. The van der Waals surface area contributed by atoms with Gasteiger partial charge in [-0.05, 0) is 53.4 Å². The van der Waals surface area contributed by atoms with E-state index in [2.05, 4.69) is 38.3 Å². The van der Waals surface area contributed by atoms with Crippen molar-refractivity contribution >= 4 is 17.7 Å². The van der Waals surface area contributed by atoms with E-state index in [1.54, 1.807) is 0 Å². The number of nitrogens with one attached hydrogen (secondary N) is 2. The van der Waals surface area contributed by atoms with Gasteiger partial charge in [0.2, 0.25) is 17.7 Å². The molecule has 1 saturated carbocycles. The molecule has 6 heteroatoms. The first-order valence-corrected chi connectivity index (χ1v) is 9.52. The van der Waals surface area contributed by atoms with Gasteiger partial charge >= 0.3 is 0 Å². The standard InChI is InChI=1S/C19H31N3O3/c1-18(2)9-12(10-19(3,4)21-18)20-15(23)11-22-16(24)13-7-5-6-8-14(13)17(22)25/h12-14,21H,5-11H2,1-4H3,(H,20,23)/t13-,14-/m0/s1. The van der Waals surface area contributed by atoms with Crippen LogP contribution >= 0.6 is 0 Å². The SMILES string of the molecule is CC1(C)CC(NC(=O)CN2C(=O)[C@H]3CCCC[C@@H]3C2=O)CC(C)(C)N1. The molecule has 0 unspecified atom stereocenters. The van der Waals surface area contributed by atoms with Crippen molar-refractivity contribution in [1.29, 1.82) is 0 Å². The van der Waals surface area contributed by atoms with Crippen LogP contribution in [-0.2, 0) is 14.4 Å². The quantitative estimate of drug-likeness (QED) is 0.759. The van der Waals surface area contributed by atoms with Gasteiger partial charge in [0.15, 0.2) is 0 Å². The Bertz CT molecular complexity index is 544. The lowest BCUT2D eigenvalue weighted by Crippen LogP contribution is -2.62. The van der Waals surface area contributed by atoms with Crippen LogP contribution in [0.4, 0.5) is 0 Å². The smallest absolute Gasteiger partial charge is 0.240 e. The third-order valence-corrected chi connectivity index (χ3v) is 5.79. The second kappa shape index (κ2) is 6.38. The lowest BCUT2D eigenvalue weighted by Gasteiger charge is -2.46. The molecule has 25 heavy (non-hydrogen) atoms. The molecule has 0 aromatic carbocycles. The Morgan fingerprint density at radius 1 is 1.04 bits per heavy atom. The minimum absolute atomic E-state index is 0.0498. The molecule has 2 atom stereocenters. The molecule has 0 aromatic heterocycles. The molecule has 2 aliphatic heterocycles. The second-order valence-corrected chi connectivity index (χ2v) is 9.33. The summed E-state index contributed by atoms with van der Waals surface area (Å²) in [5.74, 6) is -0.887. The monoisotopic (exact) mass is 349 g/mol. The first-order valence-electron chi connectivity index (χ1n) is 9.52. The molecule has 3 amide bonds. The van der Waals surface area contributed by atoms with Crippen LogP contribution in [0.5, 0.6) is 0 Å². The van der Waals surface area contributed by atoms with Gasteiger partial charge in [-0.25, -0.2) is 0 Å². The maximum absolute atomic E-state index is 12.5. The molecular formula is C19H31N3O3. The van der Waals surface area contributed by atoms with Gasteiger partial charge in [-0.2, -0.15) is 0 Å². The average molecular weight is 349 g/mol. The Morgan fingerprint density at radius 3 is 2.00 bits per heavy atom. The zero-order valence-electron chi connectivity index (χ0n) is 15.9. The summed E-state index contributed by atoms with van der Waals surface area (Å²) < 4.78 is 0. The van der Waals surface area contributed by atoms with Gasteiger partial charge in [0.05, 0.1) is 11.8 Å². The van der Waals surface area contributed by atoms with Gasteiger partial charge in [-0.15, -0.1) is 0 Å². The molecule has 2 saturated heterocycles. The number of nitrogens with zero attached hydrogens (tertiary/aromatic N) is 1. The number of likely N-dealkylation sites (tertiary alicyclic amines) is 1. The largest absolute Gasteiger partial charge is 0.352 e. The number of rotatable bonds is 3. The Kier molecular flexibility index (Phi) is 4.69. The van der Waals surface area contributed by atoms with Crippen molar-refractivity contribution in [2.75, 3.05) is 6.54 Å². The van der Waals surface area contributed by atoms with Crippen LogP contribution in [0, 0.1) is 11.8 Å². The molecule has 3 aliphatic rings. The van der Waals surface area contributed by atoms with Crippen molar-refractivity contribution in [3.05, 3.63) is 0 Å². The maximum atomic E-state index is 12.5. The van der Waals surface area contributed by atoms with Crippen LogP contribution in [-0.4, -0.2) is 46.3 Å². The highest BCUT2D eigenvalue weighted by molar-refractivity contribution is 6.07. The first-order chi connectivity index (χ1) is 11.6. The number of amides is 3. The van der Waals surface area contributed by atoms with Crippen molar-refractivity contribution in [3.8, 4) is 0 Å². The minimum Gasteiger partial charge on any atom is -0.352 e. The minimum atomic E-state index is -0.223. The van der Waals surface area contributed by atoms with Crippen molar-refractivity contribution in [3.63, 3.8) is 0 Å². The van der Waals surface area contributed by atoms with Crippen molar-refractivity contribution in [2.24, 2.45) is 11.8 Å². The third-order valence-electron chi connectivity index (χ3n) is 5.79. The summed E-state index contributed by atoms with van der Waals surface area (Å²) in [5.41, 5.74) is -0.123. The van der Waals surface area contributed by atoms with E-state index in [4.69, 9.17) is 0 Å². The van der Waals surface area contributed by atoms with Gasteiger partial charge in [0.25, 0.3) is 0 Å². The molecule has 0 aromatic rings. The van der Waals surface area contributed by atoms with E-state index in [-0.39, 0.29) is 53.2 Å². The first kappa shape index (κ1) is 18.4. The highest BCUT2D eigenvalue weighted by Gasteiger charge is 2.48. The Labute approximate surface area is 150 Å². The van der Waals surface area contributed by atoms with Crippen LogP contribution in [0.15, 0.2) is 0 Å². The van der Waals surface area contributed by atoms with Crippen molar-refractivity contribution in [1.82, 2.24) is 15.5 Å². The number of piperidine rings is 1. The summed E-state index contributed by atoms with van der Waals surface area (Å²) >= 11 is 0.